The second-order valence-electron chi connectivity index (χ2n) is 11.9. The molecule has 1 spiro atoms. The van der Waals surface area contributed by atoms with Gasteiger partial charge in [-0.15, -0.1) is 11.8 Å². The quantitative estimate of drug-likeness (QED) is 0.291. The normalized spacial score (nSPS) is 27.2. The van der Waals surface area contributed by atoms with Crippen molar-refractivity contribution in [2.45, 2.75) is 62.1 Å². The summed E-state index contributed by atoms with van der Waals surface area (Å²) in [5.41, 5.74) is 1.29. The molecule has 6 rings (SSSR count). The van der Waals surface area contributed by atoms with E-state index in [9.17, 15) is 19.5 Å². The van der Waals surface area contributed by atoms with Crippen LogP contribution in [0.15, 0.2) is 66.7 Å². The van der Waals surface area contributed by atoms with E-state index in [1.807, 2.05) is 75.4 Å². The van der Waals surface area contributed by atoms with Gasteiger partial charge in [0.2, 0.25) is 17.7 Å². The van der Waals surface area contributed by atoms with Crippen molar-refractivity contribution in [3.05, 3.63) is 66.7 Å². The molecule has 3 N–H and O–H groups in total. The van der Waals surface area contributed by atoms with E-state index < -0.39 is 28.7 Å². The second kappa shape index (κ2) is 11.8. The molecule has 8 nitrogen and oxygen atoms in total. The van der Waals surface area contributed by atoms with Gasteiger partial charge in [0.1, 0.15) is 11.8 Å². The zero-order chi connectivity index (χ0) is 30.3. The van der Waals surface area contributed by atoms with Gasteiger partial charge in [0.15, 0.2) is 0 Å². The van der Waals surface area contributed by atoms with Crippen molar-refractivity contribution >= 4 is 51.6 Å². The van der Waals surface area contributed by atoms with Gasteiger partial charge in [0, 0.05) is 16.6 Å². The molecule has 226 valence electrons. The number of nitrogens with zero attached hydrogens (tertiary/aromatic N) is 1. The van der Waals surface area contributed by atoms with Crippen molar-refractivity contribution in [3.63, 3.8) is 0 Å². The van der Waals surface area contributed by atoms with E-state index in [0.29, 0.717) is 24.4 Å². The van der Waals surface area contributed by atoms with Gasteiger partial charge in [-0.05, 0) is 72.9 Å². The van der Waals surface area contributed by atoms with Gasteiger partial charge in [0.25, 0.3) is 0 Å². The number of fused-ring (bicyclic) bond motifs is 2. The minimum absolute atomic E-state index is 0.0292. The van der Waals surface area contributed by atoms with Crippen molar-refractivity contribution in [2.24, 2.45) is 17.8 Å². The topological polar surface area (TPSA) is 108 Å². The Morgan fingerprint density at radius 2 is 1.72 bits per heavy atom. The fraction of sp³-hybridized carbons (Fsp3) is 0.441. The summed E-state index contributed by atoms with van der Waals surface area (Å²) in [6, 6.07) is 19.6. The number of carbonyl (C=O) groups is 3. The lowest BCUT2D eigenvalue weighted by Gasteiger charge is -2.39. The third-order valence-corrected chi connectivity index (χ3v) is 11.5. The molecule has 3 fully saturated rings. The van der Waals surface area contributed by atoms with E-state index in [2.05, 4.69) is 10.6 Å². The van der Waals surface area contributed by atoms with Crippen LogP contribution in [0, 0.1) is 17.8 Å². The Morgan fingerprint density at radius 1 is 1.02 bits per heavy atom. The number of thioether (sulfide) groups is 1. The van der Waals surface area contributed by atoms with E-state index >= 15 is 0 Å². The Bertz CT molecular complexity index is 1530. The highest BCUT2D eigenvalue weighted by Gasteiger charge is 2.74. The molecule has 0 aliphatic carbocycles. The number of hydrogen-bond donors (Lipinski definition) is 3. The smallest absolute Gasteiger partial charge is 0.248 e. The first-order chi connectivity index (χ1) is 20.8. The van der Waals surface area contributed by atoms with Crippen LogP contribution in [0.1, 0.15) is 40.0 Å². The zero-order valence-corrected chi connectivity index (χ0v) is 25.6. The van der Waals surface area contributed by atoms with Crippen molar-refractivity contribution < 1.29 is 24.2 Å². The van der Waals surface area contributed by atoms with Crippen molar-refractivity contribution in [2.75, 3.05) is 23.8 Å². The molecule has 3 aliphatic rings. The number of nitrogens with one attached hydrogen (secondary N) is 2. The average Bonchev–Trinajstić information content (AvgIpc) is 3.66. The van der Waals surface area contributed by atoms with Crippen LogP contribution in [0.5, 0.6) is 5.75 Å². The maximum Gasteiger partial charge on any atom is 0.248 e. The van der Waals surface area contributed by atoms with E-state index in [0.717, 1.165) is 29.4 Å². The Hall–Kier alpha value is -3.56. The minimum atomic E-state index is -0.805. The summed E-state index contributed by atoms with van der Waals surface area (Å²) in [6.07, 6.45) is 2.15. The molecule has 7 atom stereocenters. The van der Waals surface area contributed by atoms with Crippen LogP contribution < -0.4 is 15.4 Å². The Kier molecular flexibility index (Phi) is 8.13. The summed E-state index contributed by atoms with van der Waals surface area (Å²) in [5, 5.41) is 18.7. The highest BCUT2D eigenvalue weighted by atomic mass is 32.2. The summed E-state index contributed by atoms with van der Waals surface area (Å²) in [4.78, 5) is 44.2. The van der Waals surface area contributed by atoms with Crippen LogP contribution in [0.2, 0.25) is 0 Å². The fourth-order valence-electron chi connectivity index (χ4n) is 7.37. The fourth-order valence-corrected chi connectivity index (χ4v) is 9.57. The highest BCUT2D eigenvalue weighted by molar-refractivity contribution is 8.02. The molecular weight excluding hydrogens is 562 g/mol. The first-order valence-electron chi connectivity index (χ1n) is 15.3. The van der Waals surface area contributed by atoms with E-state index in [1.165, 1.54) is 0 Å². The number of amides is 3. The molecule has 3 aliphatic heterocycles. The van der Waals surface area contributed by atoms with Gasteiger partial charge in [-0.1, -0.05) is 50.6 Å². The summed E-state index contributed by atoms with van der Waals surface area (Å²) in [7, 11) is 0. The van der Waals surface area contributed by atoms with Crippen LogP contribution in [-0.2, 0) is 14.4 Å². The summed E-state index contributed by atoms with van der Waals surface area (Å²) in [6.45, 7) is 6.23. The molecule has 3 aromatic carbocycles. The minimum Gasteiger partial charge on any atom is -0.494 e. The molecular formula is C34H39N3O5S. The van der Waals surface area contributed by atoms with Crippen LogP contribution in [0.25, 0.3) is 10.8 Å². The number of hydrogen-bond acceptors (Lipinski definition) is 6. The molecule has 9 heteroatoms. The van der Waals surface area contributed by atoms with E-state index in [4.69, 9.17) is 4.74 Å². The summed E-state index contributed by atoms with van der Waals surface area (Å²) < 4.78 is 4.78. The number of likely N-dealkylation sites (tertiary alicyclic amines) is 1. The van der Waals surface area contributed by atoms with Crippen LogP contribution >= 0.6 is 11.8 Å². The van der Waals surface area contributed by atoms with Gasteiger partial charge in [-0.25, -0.2) is 0 Å². The first kappa shape index (κ1) is 29.5. The molecule has 0 radical (unpaired) electrons. The lowest BCUT2D eigenvalue weighted by Crippen LogP contribution is -2.56. The lowest BCUT2D eigenvalue weighted by molar-refractivity contribution is -0.142. The van der Waals surface area contributed by atoms with E-state index in [1.54, 1.807) is 28.8 Å². The predicted molar refractivity (Wildman–Crippen MR) is 170 cm³/mol. The third kappa shape index (κ3) is 5.06. The van der Waals surface area contributed by atoms with Crippen molar-refractivity contribution in [3.8, 4) is 5.75 Å². The third-order valence-electron chi connectivity index (χ3n) is 9.58. The molecule has 3 heterocycles. The van der Waals surface area contributed by atoms with Crippen LogP contribution in [0.3, 0.4) is 0 Å². The number of anilines is 2. The molecule has 2 bridgehead atoms. The van der Waals surface area contributed by atoms with Gasteiger partial charge in [0.05, 0.1) is 35.8 Å². The average molecular weight is 602 g/mol. The maximum atomic E-state index is 14.4. The summed E-state index contributed by atoms with van der Waals surface area (Å²) in [5.74, 6) is -1.22. The Morgan fingerprint density at radius 3 is 2.42 bits per heavy atom. The largest absolute Gasteiger partial charge is 0.494 e. The Labute approximate surface area is 256 Å². The number of aliphatic hydroxyl groups is 1. The predicted octanol–water partition coefficient (Wildman–Crippen LogP) is 5.31. The van der Waals surface area contributed by atoms with Crippen LogP contribution in [0.4, 0.5) is 11.4 Å². The molecule has 3 amide bonds. The van der Waals surface area contributed by atoms with Gasteiger partial charge >= 0.3 is 0 Å². The SMILES string of the molecule is CCOc1ccc(NC(=O)[C@@H]2[C@H]3C(=O)N([C@@H](CO)[C@@H](C)CC)C(C(=O)Nc4ccc5ccccc5c4)C34CC[C@H]2S4)cc1. The number of benzene rings is 3. The molecule has 0 aromatic heterocycles. The number of ether oxygens (including phenoxy) is 1. The lowest BCUT2D eigenvalue weighted by atomic mass is 9.70. The first-order valence-corrected chi connectivity index (χ1v) is 16.1. The summed E-state index contributed by atoms with van der Waals surface area (Å²) >= 11 is 1.62. The standard InChI is InChI=1S/C34H39N3O5S/c1-4-20(3)26(19-38)37-30(32(40)36-24-11-10-21-8-6-7-9-22(21)18-24)34-17-16-27(43-34)28(29(34)33(37)41)31(39)35-23-12-14-25(15-13-23)42-5-2/h6-15,18,20,26-30,38H,4-5,16-17,19H2,1-3H3,(H,35,39)(H,36,40)/t20-,26-,27+,28-,29-,30?,34?/m0/s1. The van der Waals surface area contributed by atoms with Crippen molar-refractivity contribution in [1.29, 1.82) is 0 Å². The molecule has 0 saturated carbocycles. The second-order valence-corrected chi connectivity index (χ2v) is 13.5. The van der Waals surface area contributed by atoms with E-state index in [-0.39, 0.29) is 35.5 Å². The number of rotatable bonds is 10. The van der Waals surface area contributed by atoms with Gasteiger partial charge < -0.3 is 25.4 Å². The Balaban J connectivity index is 1.33. The van der Waals surface area contributed by atoms with Gasteiger partial charge in [-0.2, -0.15) is 0 Å². The maximum absolute atomic E-state index is 14.4. The molecule has 3 aromatic rings. The zero-order valence-electron chi connectivity index (χ0n) is 24.8. The molecule has 43 heavy (non-hydrogen) atoms. The molecule has 3 saturated heterocycles. The monoisotopic (exact) mass is 601 g/mol. The van der Waals surface area contributed by atoms with Gasteiger partial charge in [-0.3, -0.25) is 14.4 Å². The van der Waals surface area contributed by atoms with Crippen molar-refractivity contribution in [1.82, 2.24) is 4.90 Å². The number of carbonyl (C=O) groups excluding carboxylic acids is 3. The molecule has 2 unspecified atom stereocenters. The highest BCUT2D eigenvalue weighted by Crippen LogP contribution is 2.67. The van der Waals surface area contributed by atoms with Crippen LogP contribution in [-0.4, -0.2) is 63.0 Å². The number of aliphatic hydroxyl groups excluding tert-OH is 1.